The molecule has 0 radical (unpaired) electrons. The summed E-state index contributed by atoms with van der Waals surface area (Å²) in [5, 5.41) is 3.80. The quantitative estimate of drug-likeness (QED) is 0.747. The zero-order valence-corrected chi connectivity index (χ0v) is 10.3. The lowest BCUT2D eigenvalue weighted by molar-refractivity contribution is 0.0709. The van der Waals surface area contributed by atoms with E-state index in [1.54, 1.807) is 0 Å². The Balaban J connectivity index is 1.71. The van der Waals surface area contributed by atoms with Crippen LogP contribution in [0, 0.1) is 11.8 Å². The fourth-order valence-electron chi connectivity index (χ4n) is 3.14. The Hall–Kier alpha value is -0.0800. The van der Waals surface area contributed by atoms with E-state index in [0.29, 0.717) is 0 Å². The summed E-state index contributed by atoms with van der Waals surface area (Å²) >= 11 is 0. The third-order valence-corrected chi connectivity index (χ3v) is 4.17. The van der Waals surface area contributed by atoms with Gasteiger partial charge >= 0.3 is 0 Å². The predicted octanol–water partition coefficient (Wildman–Crippen LogP) is 2.11. The standard InChI is InChI=1S/C13H26N2/c1-3-4-11(2)9-14-13-10-15-7-5-12(13)6-8-15/h11-14H,3-10H2,1-2H3. The highest BCUT2D eigenvalue weighted by Gasteiger charge is 2.33. The van der Waals surface area contributed by atoms with Crippen molar-refractivity contribution in [2.45, 2.75) is 45.6 Å². The number of hydrogen-bond acceptors (Lipinski definition) is 2. The van der Waals surface area contributed by atoms with Crippen molar-refractivity contribution >= 4 is 0 Å². The first kappa shape index (κ1) is 11.4. The molecule has 0 aromatic rings. The Morgan fingerprint density at radius 3 is 2.60 bits per heavy atom. The van der Waals surface area contributed by atoms with Crippen LogP contribution in [0.5, 0.6) is 0 Å². The minimum Gasteiger partial charge on any atom is -0.312 e. The molecule has 0 amide bonds. The van der Waals surface area contributed by atoms with Gasteiger partial charge in [-0.15, -0.1) is 0 Å². The molecule has 3 heterocycles. The maximum Gasteiger partial charge on any atom is 0.0224 e. The van der Waals surface area contributed by atoms with E-state index in [1.807, 2.05) is 0 Å². The summed E-state index contributed by atoms with van der Waals surface area (Å²) in [6.45, 7) is 9.90. The summed E-state index contributed by atoms with van der Waals surface area (Å²) in [5.41, 5.74) is 0. The van der Waals surface area contributed by atoms with E-state index in [4.69, 9.17) is 0 Å². The topological polar surface area (TPSA) is 15.3 Å². The highest BCUT2D eigenvalue weighted by atomic mass is 15.2. The molecule has 0 aromatic carbocycles. The first-order valence-corrected chi connectivity index (χ1v) is 6.75. The number of hydrogen-bond donors (Lipinski definition) is 1. The van der Waals surface area contributed by atoms with Crippen molar-refractivity contribution in [1.82, 2.24) is 10.2 Å². The largest absolute Gasteiger partial charge is 0.312 e. The fourth-order valence-corrected chi connectivity index (χ4v) is 3.14. The molecule has 0 aromatic heterocycles. The average molecular weight is 210 g/mol. The van der Waals surface area contributed by atoms with Gasteiger partial charge in [-0.1, -0.05) is 20.3 Å². The van der Waals surface area contributed by atoms with E-state index in [0.717, 1.165) is 17.9 Å². The summed E-state index contributed by atoms with van der Waals surface area (Å²) in [7, 11) is 0. The molecule has 88 valence electrons. The average Bonchev–Trinajstić information content (AvgIpc) is 2.28. The number of nitrogens with zero attached hydrogens (tertiary/aromatic N) is 1. The molecule has 3 aliphatic heterocycles. The van der Waals surface area contributed by atoms with Gasteiger partial charge in [0, 0.05) is 12.6 Å². The molecule has 2 unspecified atom stereocenters. The number of fused-ring (bicyclic) bond motifs is 3. The highest BCUT2D eigenvalue weighted by Crippen LogP contribution is 2.27. The molecule has 3 aliphatic rings. The SMILES string of the molecule is CCCC(C)CNC1CN2CCC1CC2. The van der Waals surface area contributed by atoms with Crippen LogP contribution in [-0.4, -0.2) is 37.1 Å². The molecule has 15 heavy (non-hydrogen) atoms. The van der Waals surface area contributed by atoms with Crippen molar-refractivity contribution in [2.24, 2.45) is 11.8 Å². The summed E-state index contributed by atoms with van der Waals surface area (Å²) in [4.78, 5) is 2.63. The first-order valence-electron chi connectivity index (χ1n) is 6.75. The lowest BCUT2D eigenvalue weighted by atomic mass is 9.84. The summed E-state index contributed by atoms with van der Waals surface area (Å²) in [5.74, 6) is 1.83. The zero-order valence-electron chi connectivity index (χ0n) is 10.3. The summed E-state index contributed by atoms with van der Waals surface area (Å²) < 4.78 is 0. The molecule has 2 atom stereocenters. The fraction of sp³-hybridized carbons (Fsp3) is 1.00. The van der Waals surface area contributed by atoms with Crippen molar-refractivity contribution in [3.63, 3.8) is 0 Å². The van der Waals surface area contributed by atoms with Crippen molar-refractivity contribution in [1.29, 1.82) is 0 Å². The lowest BCUT2D eigenvalue weighted by Crippen LogP contribution is -2.56. The number of piperidine rings is 3. The lowest BCUT2D eigenvalue weighted by Gasteiger charge is -2.45. The Kier molecular flexibility index (Phi) is 4.04. The highest BCUT2D eigenvalue weighted by molar-refractivity contribution is 4.90. The van der Waals surface area contributed by atoms with Crippen molar-refractivity contribution in [3.05, 3.63) is 0 Å². The molecule has 0 aliphatic carbocycles. The second-order valence-electron chi connectivity index (χ2n) is 5.55. The van der Waals surface area contributed by atoms with E-state index in [2.05, 4.69) is 24.1 Å². The van der Waals surface area contributed by atoms with Gasteiger partial charge in [0.15, 0.2) is 0 Å². The second kappa shape index (κ2) is 5.31. The molecule has 3 rings (SSSR count). The van der Waals surface area contributed by atoms with E-state index in [1.165, 1.54) is 51.9 Å². The van der Waals surface area contributed by atoms with Gasteiger partial charge in [-0.2, -0.15) is 0 Å². The van der Waals surface area contributed by atoms with Gasteiger partial charge in [0.1, 0.15) is 0 Å². The van der Waals surface area contributed by atoms with Gasteiger partial charge in [0.25, 0.3) is 0 Å². The number of nitrogens with one attached hydrogen (secondary N) is 1. The van der Waals surface area contributed by atoms with Gasteiger partial charge in [0.05, 0.1) is 0 Å². The van der Waals surface area contributed by atoms with Crippen LogP contribution in [0.4, 0.5) is 0 Å². The molecule has 2 heteroatoms. The van der Waals surface area contributed by atoms with Gasteiger partial charge in [-0.25, -0.2) is 0 Å². The van der Waals surface area contributed by atoms with Crippen LogP contribution >= 0.6 is 0 Å². The Morgan fingerprint density at radius 1 is 1.33 bits per heavy atom. The molecular weight excluding hydrogens is 184 g/mol. The van der Waals surface area contributed by atoms with Crippen LogP contribution in [-0.2, 0) is 0 Å². The van der Waals surface area contributed by atoms with E-state index in [-0.39, 0.29) is 0 Å². The van der Waals surface area contributed by atoms with Gasteiger partial charge in [-0.3, -0.25) is 0 Å². The predicted molar refractivity (Wildman–Crippen MR) is 65.0 cm³/mol. The zero-order chi connectivity index (χ0) is 10.7. The molecular formula is C13H26N2. The van der Waals surface area contributed by atoms with E-state index < -0.39 is 0 Å². The maximum absolute atomic E-state index is 3.80. The first-order chi connectivity index (χ1) is 7.29. The second-order valence-corrected chi connectivity index (χ2v) is 5.55. The third kappa shape index (κ3) is 2.94. The molecule has 0 spiro atoms. The third-order valence-electron chi connectivity index (χ3n) is 4.17. The van der Waals surface area contributed by atoms with Crippen LogP contribution < -0.4 is 5.32 Å². The van der Waals surface area contributed by atoms with Gasteiger partial charge in [0.2, 0.25) is 0 Å². The minimum atomic E-state index is 0.798. The maximum atomic E-state index is 3.80. The van der Waals surface area contributed by atoms with Crippen LogP contribution in [0.25, 0.3) is 0 Å². The Morgan fingerprint density at radius 2 is 2.07 bits per heavy atom. The van der Waals surface area contributed by atoms with Crippen LogP contribution in [0.2, 0.25) is 0 Å². The van der Waals surface area contributed by atoms with Crippen LogP contribution in [0.3, 0.4) is 0 Å². The minimum absolute atomic E-state index is 0.798. The van der Waals surface area contributed by atoms with Crippen molar-refractivity contribution in [2.75, 3.05) is 26.2 Å². The summed E-state index contributed by atoms with van der Waals surface area (Å²) in [6.07, 6.45) is 5.55. The van der Waals surface area contributed by atoms with Gasteiger partial charge < -0.3 is 10.2 Å². The normalized spacial score (nSPS) is 36.8. The molecule has 2 bridgehead atoms. The molecule has 2 nitrogen and oxygen atoms in total. The smallest absolute Gasteiger partial charge is 0.0224 e. The van der Waals surface area contributed by atoms with E-state index in [9.17, 15) is 0 Å². The van der Waals surface area contributed by atoms with Crippen molar-refractivity contribution in [3.8, 4) is 0 Å². The Bertz CT molecular complexity index is 185. The van der Waals surface area contributed by atoms with Crippen LogP contribution in [0.15, 0.2) is 0 Å². The Labute approximate surface area is 94.4 Å². The molecule has 3 saturated heterocycles. The number of rotatable bonds is 5. The monoisotopic (exact) mass is 210 g/mol. The van der Waals surface area contributed by atoms with Gasteiger partial charge in [-0.05, 0) is 50.7 Å². The van der Waals surface area contributed by atoms with E-state index >= 15 is 0 Å². The molecule has 1 N–H and O–H groups in total. The molecule has 3 fully saturated rings. The van der Waals surface area contributed by atoms with Crippen molar-refractivity contribution < 1.29 is 0 Å². The van der Waals surface area contributed by atoms with Crippen LogP contribution in [0.1, 0.15) is 39.5 Å². The molecule has 0 saturated carbocycles. The summed E-state index contributed by atoms with van der Waals surface area (Å²) in [6, 6.07) is 0.798.